The number of piperazine rings is 1. The summed E-state index contributed by atoms with van der Waals surface area (Å²) >= 11 is 18.3. The number of benzene rings is 3. The quantitative estimate of drug-likeness (QED) is 0.287. The van der Waals surface area contributed by atoms with Crippen LogP contribution in [0.5, 0.6) is 0 Å². The van der Waals surface area contributed by atoms with Crippen molar-refractivity contribution in [1.29, 1.82) is 0 Å². The summed E-state index contributed by atoms with van der Waals surface area (Å²) in [5.41, 5.74) is 4.88. The third-order valence-electron chi connectivity index (χ3n) is 6.01. The maximum Gasteiger partial charge on any atom is 0.147 e. The standard InChI is InChI=1S/C27H23Cl3N4/c28-22-7-1-19(2-8-22)18-33-13-15-34(16-14-33)25-17-31-26(20-3-9-23(29)10-4-20)27(32-25)21-5-11-24(30)12-6-21/h1-12,17H,13-16,18H2. The predicted octanol–water partition coefficient (Wildman–Crippen LogP) is 7.09. The zero-order valence-electron chi connectivity index (χ0n) is 18.5. The molecule has 0 amide bonds. The Morgan fingerprint density at radius 3 is 1.68 bits per heavy atom. The van der Waals surface area contributed by atoms with E-state index in [-0.39, 0.29) is 0 Å². The maximum atomic E-state index is 6.14. The number of aromatic nitrogens is 2. The minimum atomic E-state index is 0.692. The zero-order valence-corrected chi connectivity index (χ0v) is 20.7. The van der Waals surface area contributed by atoms with Crippen molar-refractivity contribution >= 4 is 40.6 Å². The van der Waals surface area contributed by atoms with Gasteiger partial charge in [-0.25, -0.2) is 4.98 Å². The molecule has 1 aliphatic heterocycles. The molecule has 2 heterocycles. The van der Waals surface area contributed by atoms with Crippen molar-refractivity contribution in [2.24, 2.45) is 0 Å². The molecule has 0 aliphatic carbocycles. The largest absolute Gasteiger partial charge is 0.353 e. The molecule has 4 aromatic rings. The average molecular weight is 510 g/mol. The molecule has 5 rings (SSSR count). The van der Waals surface area contributed by atoms with E-state index < -0.39 is 0 Å². The summed E-state index contributed by atoms with van der Waals surface area (Å²) in [6, 6.07) is 23.5. The lowest BCUT2D eigenvalue weighted by molar-refractivity contribution is 0.249. The molecule has 172 valence electrons. The molecule has 3 aromatic carbocycles. The van der Waals surface area contributed by atoms with Crippen LogP contribution in [0.15, 0.2) is 79.0 Å². The van der Waals surface area contributed by atoms with Gasteiger partial charge in [0.15, 0.2) is 0 Å². The fourth-order valence-corrected chi connectivity index (χ4v) is 4.52. The Balaban J connectivity index is 1.38. The van der Waals surface area contributed by atoms with Crippen LogP contribution in [0.4, 0.5) is 5.82 Å². The van der Waals surface area contributed by atoms with E-state index in [0.29, 0.717) is 10.0 Å². The number of hydrogen-bond acceptors (Lipinski definition) is 4. The smallest absolute Gasteiger partial charge is 0.147 e. The Kier molecular flexibility index (Phi) is 7.02. The second-order valence-corrected chi connectivity index (χ2v) is 9.64. The molecule has 7 heteroatoms. The molecule has 0 bridgehead atoms. The first-order valence-corrected chi connectivity index (χ1v) is 12.3. The second-order valence-electron chi connectivity index (χ2n) is 8.33. The molecule has 0 radical (unpaired) electrons. The highest BCUT2D eigenvalue weighted by molar-refractivity contribution is 6.31. The first-order chi connectivity index (χ1) is 16.5. The Morgan fingerprint density at radius 1 is 0.618 bits per heavy atom. The first-order valence-electron chi connectivity index (χ1n) is 11.2. The van der Waals surface area contributed by atoms with E-state index in [1.54, 1.807) is 0 Å². The molecule has 0 N–H and O–H groups in total. The van der Waals surface area contributed by atoms with Crippen molar-refractivity contribution in [3.05, 3.63) is 99.6 Å². The minimum absolute atomic E-state index is 0.692. The number of rotatable bonds is 5. The topological polar surface area (TPSA) is 32.3 Å². The summed E-state index contributed by atoms with van der Waals surface area (Å²) in [5.74, 6) is 0.883. The van der Waals surface area contributed by atoms with Gasteiger partial charge in [0, 0.05) is 58.9 Å². The molecule has 1 aliphatic rings. The summed E-state index contributed by atoms with van der Waals surface area (Å²) in [5, 5.41) is 2.15. The summed E-state index contributed by atoms with van der Waals surface area (Å²) in [6.07, 6.45) is 1.87. The lowest BCUT2D eigenvalue weighted by Gasteiger charge is -2.35. The van der Waals surface area contributed by atoms with Crippen LogP contribution >= 0.6 is 34.8 Å². The molecule has 0 unspecified atom stereocenters. The molecule has 0 atom stereocenters. The van der Waals surface area contributed by atoms with Gasteiger partial charge in [0.05, 0.1) is 17.6 Å². The fraction of sp³-hybridized carbons (Fsp3) is 0.185. The van der Waals surface area contributed by atoms with Gasteiger partial charge in [0.2, 0.25) is 0 Å². The lowest BCUT2D eigenvalue weighted by atomic mass is 10.0. The third-order valence-corrected chi connectivity index (χ3v) is 6.77. The molecule has 0 saturated carbocycles. The molecule has 34 heavy (non-hydrogen) atoms. The van der Waals surface area contributed by atoms with Crippen LogP contribution in [0.25, 0.3) is 22.5 Å². The second kappa shape index (κ2) is 10.3. The highest BCUT2D eigenvalue weighted by atomic mass is 35.5. The van der Waals surface area contributed by atoms with Crippen LogP contribution < -0.4 is 4.90 Å². The fourth-order valence-electron chi connectivity index (χ4n) is 4.14. The van der Waals surface area contributed by atoms with Gasteiger partial charge in [-0.3, -0.25) is 9.88 Å². The number of halogens is 3. The van der Waals surface area contributed by atoms with Crippen LogP contribution in [0.3, 0.4) is 0 Å². The van der Waals surface area contributed by atoms with Gasteiger partial charge < -0.3 is 4.90 Å². The third kappa shape index (κ3) is 5.37. The predicted molar refractivity (Wildman–Crippen MR) is 142 cm³/mol. The van der Waals surface area contributed by atoms with Gasteiger partial charge in [-0.1, -0.05) is 71.2 Å². The van der Waals surface area contributed by atoms with Crippen molar-refractivity contribution in [2.75, 3.05) is 31.1 Å². The van der Waals surface area contributed by atoms with E-state index in [0.717, 1.165) is 66.1 Å². The Morgan fingerprint density at radius 2 is 1.12 bits per heavy atom. The van der Waals surface area contributed by atoms with E-state index in [4.69, 9.17) is 44.8 Å². The maximum absolute atomic E-state index is 6.14. The van der Waals surface area contributed by atoms with E-state index in [1.165, 1.54) is 5.56 Å². The first kappa shape index (κ1) is 23.1. The normalized spacial score (nSPS) is 14.4. The molecule has 0 spiro atoms. The molecule has 1 aromatic heterocycles. The molecular formula is C27H23Cl3N4. The zero-order chi connectivity index (χ0) is 23.5. The number of nitrogens with zero attached hydrogens (tertiary/aromatic N) is 4. The monoisotopic (exact) mass is 508 g/mol. The van der Waals surface area contributed by atoms with Gasteiger partial charge in [-0.2, -0.15) is 0 Å². The summed E-state index contributed by atoms with van der Waals surface area (Å²) in [6.45, 7) is 4.62. The van der Waals surface area contributed by atoms with E-state index in [9.17, 15) is 0 Å². The van der Waals surface area contributed by atoms with Gasteiger partial charge >= 0.3 is 0 Å². The Labute approximate surface area is 214 Å². The molecule has 1 saturated heterocycles. The highest BCUT2D eigenvalue weighted by Crippen LogP contribution is 2.32. The van der Waals surface area contributed by atoms with Gasteiger partial charge in [0.25, 0.3) is 0 Å². The van der Waals surface area contributed by atoms with Crippen LogP contribution in [0, 0.1) is 0 Å². The Bertz CT molecular complexity index is 1250. The molecule has 4 nitrogen and oxygen atoms in total. The van der Waals surface area contributed by atoms with E-state index in [1.807, 2.05) is 66.9 Å². The van der Waals surface area contributed by atoms with Crippen molar-refractivity contribution in [2.45, 2.75) is 6.54 Å². The van der Waals surface area contributed by atoms with Crippen LogP contribution in [0.2, 0.25) is 15.1 Å². The van der Waals surface area contributed by atoms with Crippen molar-refractivity contribution in [1.82, 2.24) is 14.9 Å². The van der Waals surface area contributed by atoms with Crippen LogP contribution in [-0.2, 0) is 6.54 Å². The molecular weight excluding hydrogens is 487 g/mol. The van der Waals surface area contributed by atoms with E-state index >= 15 is 0 Å². The highest BCUT2D eigenvalue weighted by Gasteiger charge is 2.21. The van der Waals surface area contributed by atoms with Gasteiger partial charge in [-0.05, 0) is 42.0 Å². The van der Waals surface area contributed by atoms with Crippen molar-refractivity contribution in [3.8, 4) is 22.5 Å². The van der Waals surface area contributed by atoms with Gasteiger partial charge in [-0.15, -0.1) is 0 Å². The van der Waals surface area contributed by atoms with E-state index in [2.05, 4.69) is 21.9 Å². The average Bonchev–Trinajstić information content (AvgIpc) is 2.87. The Hall–Kier alpha value is -2.63. The summed E-state index contributed by atoms with van der Waals surface area (Å²) in [4.78, 5) is 14.7. The number of hydrogen-bond donors (Lipinski definition) is 0. The van der Waals surface area contributed by atoms with Crippen LogP contribution in [-0.4, -0.2) is 41.0 Å². The number of anilines is 1. The molecule has 1 fully saturated rings. The van der Waals surface area contributed by atoms with Gasteiger partial charge in [0.1, 0.15) is 5.82 Å². The lowest BCUT2D eigenvalue weighted by Crippen LogP contribution is -2.46. The summed E-state index contributed by atoms with van der Waals surface area (Å²) in [7, 11) is 0. The SMILES string of the molecule is Clc1ccc(CN2CCN(c3cnc(-c4ccc(Cl)cc4)c(-c4ccc(Cl)cc4)n3)CC2)cc1. The van der Waals surface area contributed by atoms with Crippen molar-refractivity contribution < 1.29 is 0 Å². The summed E-state index contributed by atoms with van der Waals surface area (Å²) < 4.78 is 0. The van der Waals surface area contributed by atoms with Crippen molar-refractivity contribution in [3.63, 3.8) is 0 Å². The van der Waals surface area contributed by atoms with Crippen LogP contribution in [0.1, 0.15) is 5.56 Å². The minimum Gasteiger partial charge on any atom is -0.353 e.